The number of rotatable bonds is 6. The van der Waals surface area contributed by atoms with Gasteiger partial charge in [-0.05, 0) is 29.8 Å². The topological polar surface area (TPSA) is 82.1 Å². The zero-order valence-electron chi connectivity index (χ0n) is 15.5. The summed E-state index contributed by atoms with van der Waals surface area (Å²) in [5.41, 5.74) is 1.13. The summed E-state index contributed by atoms with van der Waals surface area (Å²) in [6.07, 6.45) is 0. The number of methoxy groups -OCH3 is 3. The summed E-state index contributed by atoms with van der Waals surface area (Å²) in [5, 5.41) is 0. The van der Waals surface area contributed by atoms with Crippen molar-refractivity contribution in [3.05, 3.63) is 59.2 Å². The minimum absolute atomic E-state index is 0.258. The molecule has 1 heterocycles. The van der Waals surface area contributed by atoms with E-state index in [9.17, 15) is 14.4 Å². The van der Waals surface area contributed by atoms with Crippen LogP contribution in [0.4, 0.5) is 0 Å². The molecule has 7 nitrogen and oxygen atoms in total. The van der Waals surface area contributed by atoms with E-state index in [2.05, 4.69) is 15.9 Å². The third kappa shape index (κ3) is 3.24. The van der Waals surface area contributed by atoms with Gasteiger partial charge in [0.2, 0.25) is 0 Å². The zero-order valence-corrected chi connectivity index (χ0v) is 17.1. The number of benzene rings is 2. The van der Waals surface area contributed by atoms with E-state index < -0.39 is 28.7 Å². The fourth-order valence-electron chi connectivity index (χ4n) is 3.14. The Balaban J connectivity index is 2.04. The summed E-state index contributed by atoms with van der Waals surface area (Å²) in [6, 6.07) is 10.3. The van der Waals surface area contributed by atoms with Crippen molar-refractivity contribution in [2.75, 3.05) is 21.3 Å². The Hall–Kier alpha value is -2.87. The molecule has 2 aromatic rings. The van der Waals surface area contributed by atoms with Crippen LogP contribution in [0, 0.1) is 0 Å². The van der Waals surface area contributed by atoms with E-state index in [4.69, 9.17) is 14.2 Å². The summed E-state index contributed by atoms with van der Waals surface area (Å²) in [7, 11) is 4.22. The molecule has 0 saturated heterocycles. The van der Waals surface area contributed by atoms with E-state index in [1.807, 2.05) is 0 Å². The standard InChI is InChI=1S/C20H18BrNO6/c1-26-14-9-8-11(10-15(14)27-2)16(21)17(20(25)28-3)22-18(23)12-6-4-5-7-13(12)19(22)24/h4-10,16-17H,1-3H3/t16-,17+/m1/s1. The van der Waals surface area contributed by atoms with Crippen LogP contribution in [0.3, 0.4) is 0 Å². The molecule has 0 bridgehead atoms. The number of hydrogen-bond acceptors (Lipinski definition) is 6. The van der Waals surface area contributed by atoms with Gasteiger partial charge in [-0.25, -0.2) is 4.79 Å². The third-order valence-corrected chi connectivity index (χ3v) is 5.58. The number of esters is 1. The number of amides is 2. The summed E-state index contributed by atoms with van der Waals surface area (Å²) in [4.78, 5) is 38.5. The van der Waals surface area contributed by atoms with Gasteiger partial charge >= 0.3 is 5.97 Å². The molecule has 8 heteroatoms. The number of fused-ring (bicyclic) bond motifs is 1. The monoisotopic (exact) mass is 447 g/mol. The molecule has 3 rings (SSSR count). The Labute approximate surface area is 170 Å². The van der Waals surface area contributed by atoms with Gasteiger partial charge in [-0.2, -0.15) is 0 Å². The normalized spacial score (nSPS) is 15.1. The van der Waals surface area contributed by atoms with E-state index in [1.54, 1.807) is 42.5 Å². The maximum absolute atomic E-state index is 12.9. The predicted molar refractivity (Wildman–Crippen MR) is 104 cm³/mol. The molecule has 1 aliphatic heterocycles. The van der Waals surface area contributed by atoms with E-state index >= 15 is 0 Å². The van der Waals surface area contributed by atoms with E-state index in [-0.39, 0.29) is 11.1 Å². The van der Waals surface area contributed by atoms with Gasteiger partial charge in [0.1, 0.15) is 0 Å². The first-order valence-electron chi connectivity index (χ1n) is 8.35. The minimum atomic E-state index is -1.20. The van der Waals surface area contributed by atoms with Gasteiger partial charge in [-0.15, -0.1) is 0 Å². The lowest BCUT2D eigenvalue weighted by Crippen LogP contribution is -2.47. The van der Waals surface area contributed by atoms with Gasteiger partial charge in [-0.3, -0.25) is 14.5 Å². The maximum Gasteiger partial charge on any atom is 0.330 e. The molecule has 0 spiro atoms. The second-order valence-corrected chi connectivity index (χ2v) is 7.00. The van der Waals surface area contributed by atoms with Gasteiger partial charge in [0.05, 0.1) is 37.3 Å². The zero-order chi connectivity index (χ0) is 20.4. The average molecular weight is 448 g/mol. The maximum atomic E-state index is 12.9. The van der Waals surface area contributed by atoms with Crippen molar-refractivity contribution in [3.8, 4) is 11.5 Å². The molecular formula is C20H18BrNO6. The Morgan fingerprint density at radius 2 is 1.50 bits per heavy atom. The summed E-state index contributed by atoms with van der Waals surface area (Å²) in [5.74, 6) is -0.829. The number of alkyl halides is 1. The minimum Gasteiger partial charge on any atom is -0.493 e. The molecule has 0 unspecified atom stereocenters. The average Bonchev–Trinajstić information content (AvgIpc) is 2.98. The lowest BCUT2D eigenvalue weighted by molar-refractivity contribution is -0.145. The SMILES string of the molecule is COC(=O)[C@H]([C@H](Br)c1ccc(OC)c(OC)c1)N1C(=O)c2ccccc2C1=O. The van der Waals surface area contributed by atoms with Crippen molar-refractivity contribution in [1.29, 1.82) is 0 Å². The van der Waals surface area contributed by atoms with Gasteiger partial charge < -0.3 is 14.2 Å². The number of carbonyl (C=O) groups is 3. The van der Waals surface area contributed by atoms with Crippen molar-refractivity contribution in [2.45, 2.75) is 10.9 Å². The number of imide groups is 1. The van der Waals surface area contributed by atoms with Crippen LogP contribution >= 0.6 is 15.9 Å². The highest BCUT2D eigenvalue weighted by atomic mass is 79.9. The molecule has 2 amide bonds. The van der Waals surface area contributed by atoms with Crippen LogP contribution in [0.5, 0.6) is 11.5 Å². The summed E-state index contributed by atoms with van der Waals surface area (Å²) in [6.45, 7) is 0. The molecule has 2 atom stereocenters. The largest absolute Gasteiger partial charge is 0.493 e. The number of hydrogen-bond donors (Lipinski definition) is 0. The van der Waals surface area contributed by atoms with Gasteiger partial charge in [0.15, 0.2) is 17.5 Å². The Bertz CT molecular complexity index is 909. The number of ether oxygens (including phenoxy) is 3. The van der Waals surface area contributed by atoms with Crippen molar-refractivity contribution in [2.24, 2.45) is 0 Å². The molecule has 0 fully saturated rings. The molecule has 0 aliphatic carbocycles. The van der Waals surface area contributed by atoms with Crippen molar-refractivity contribution >= 4 is 33.7 Å². The van der Waals surface area contributed by atoms with Crippen LogP contribution < -0.4 is 9.47 Å². The highest BCUT2D eigenvalue weighted by molar-refractivity contribution is 9.09. The second-order valence-electron chi connectivity index (χ2n) is 6.01. The summed E-state index contributed by atoms with van der Waals surface area (Å²) < 4.78 is 15.4. The molecule has 146 valence electrons. The lowest BCUT2D eigenvalue weighted by Gasteiger charge is -2.28. The quantitative estimate of drug-likeness (QED) is 0.384. The third-order valence-electron chi connectivity index (χ3n) is 4.55. The smallest absolute Gasteiger partial charge is 0.330 e. The molecule has 0 aromatic heterocycles. The Kier molecular flexibility index (Phi) is 5.69. The van der Waals surface area contributed by atoms with E-state index in [0.29, 0.717) is 17.1 Å². The highest BCUT2D eigenvalue weighted by Crippen LogP contribution is 2.38. The van der Waals surface area contributed by atoms with Crippen molar-refractivity contribution in [1.82, 2.24) is 4.90 Å². The fourth-order valence-corrected chi connectivity index (χ4v) is 3.88. The number of nitrogens with zero attached hydrogens (tertiary/aromatic N) is 1. The Morgan fingerprint density at radius 1 is 0.929 bits per heavy atom. The number of halogens is 1. The van der Waals surface area contributed by atoms with E-state index in [1.165, 1.54) is 21.3 Å². The van der Waals surface area contributed by atoms with E-state index in [0.717, 1.165) is 4.90 Å². The van der Waals surface area contributed by atoms with Crippen molar-refractivity contribution < 1.29 is 28.6 Å². The Morgan fingerprint density at radius 3 is 2.00 bits per heavy atom. The first kappa shape index (κ1) is 19.9. The first-order chi connectivity index (χ1) is 13.4. The van der Waals surface area contributed by atoms with Gasteiger partial charge in [0, 0.05) is 0 Å². The molecule has 0 saturated carbocycles. The highest BCUT2D eigenvalue weighted by Gasteiger charge is 2.46. The molecule has 2 aromatic carbocycles. The first-order valence-corrected chi connectivity index (χ1v) is 9.26. The molecular weight excluding hydrogens is 430 g/mol. The molecule has 0 N–H and O–H groups in total. The van der Waals surface area contributed by atoms with Crippen LogP contribution in [0.15, 0.2) is 42.5 Å². The summed E-state index contributed by atoms with van der Waals surface area (Å²) >= 11 is 3.47. The molecule has 1 aliphatic rings. The van der Waals surface area contributed by atoms with Crippen LogP contribution in [0.1, 0.15) is 31.1 Å². The predicted octanol–water partition coefficient (Wildman–Crippen LogP) is 2.98. The molecule has 0 radical (unpaired) electrons. The fraction of sp³-hybridized carbons (Fsp3) is 0.250. The van der Waals surface area contributed by atoms with Crippen molar-refractivity contribution in [3.63, 3.8) is 0 Å². The lowest BCUT2D eigenvalue weighted by atomic mass is 10.0. The van der Waals surface area contributed by atoms with Crippen LogP contribution in [-0.2, 0) is 9.53 Å². The second kappa shape index (κ2) is 8.02. The van der Waals surface area contributed by atoms with Gasteiger partial charge in [-0.1, -0.05) is 34.1 Å². The van der Waals surface area contributed by atoms with Crippen LogP contribution in [-0.4, -0.2) is 50.1 Å². The van der Waals surface area contributed by atoms with Crippen LogP contribution in [0.2, 0.25) is 0 Å². The molecule has 28 heavy (non-hydrogen) atoms. The van der Waals surface area contributed by atoms with Crippen LogP contribution in [0.25, 0.3) is 0 Å². The van der Waals surface area contributed by atoms with Gasteiger partial charge in [0.25, 0.3) is 11.8 Å². The number of carbonyl (C=O) groups excluding carboxylic acids is 3.